The molecule has 0 aliphatic rings. The first kappa shape index (κ1) is 19.9. The van der Waals surface area contributed by atoms with Crippen molar-refractivity contribution in [1.29, 1.82) is 15.8 Å². The predicted molar refractivity (Wildman–Crippen MR) is 71.7 cm³/mol. The Bertz CT molecular complexity index is 488. The van der Waals surface area contributed by atoms with Gasteiger partial charge in [-0.2, -0.15) is 15.8 Å². The Morgan fingerprint density at radius 1 is 0.739 bits per heavy atom. The number of esters is 3. The van der Waals surface area contributed by atoms with Gasteiger partial charge in [-0.1, -0.05) is 0 Å². The zero-order chi connectivity index (χ0) is 17.7. The maximum atomic E-state index is 11.2. The average Bonchev–Trinajstić information content (AvgIpc) is 2.50. The molecule has 0 aromatic rings. The Kier molecular flexibility index (Phi) is 9.15. The molecule has 0 atom stereocenters. The second kappa shape index (κ2) is 10.6. The topological polar surface area (TPSA) is 150 Å². The molecule has 0 spiro atoms. The lowest BCUT2D eigenvalue weighted by Gasteiger charge is -2.27. The Morgan fingerprint density at radius 3 is 1.22 bits per heavy atom. The van der Waals surface area contributed by atoms with Crippen LogP contribution in [0.4, 0.5) is 0 Å². The highest BCUT2D eigenvalue weighted by atomic mass is 16.6. The van der Waals surface area contributed by atoms with E-state index in [9.17, 15) is 14.4 Å². The molecule has 0 aliphatic carbocycles. The fourth-order valence-corrected chi connectivity index (χ4v) is 1.24. The van der Waals surface area contributed by atoms with E-state index in [1.54, 1.807) is 18.2 Å². The van der Waals surface area contributed by atoms with Crippen LogP contribution in [0.3, 0.4) is 0 Å². The van der Waals surface area contributed by atoms with Gasteiger partial charge >= 0.3 is 17.9 Å². The molecule has 0 aromatic carbocycles. The summed E-state index contributed by atoms with van der Waals surface area (Å²) in [7, 11) is 0. The third-order valence-electron chi connectivity index (χ3n) is 2.42. The van der Waals surface area contributed by atoms with Crippen LogP contribution >= 0.6 is 0 Å². The zero-order valence-corrected chi connectivity index (χ0v) is 12.5. The van der Waals surface area contributed by atoms with Gasteiger partial charge in [-0.05, 0) is 6.92 Å². The first-order chi connectivity index (χ1) is 10.9. The van der Waals surface area contributed by atoms with Crippen molar-refractivity contribution in [2.75, 3.05) is 19.8 Å². The van der Waals surface area contributed by atoms with Crippen LogP contribution in [-0.2, 0) is 28.6 Å². The summed E-state index contributed by atoms with van der Waals surface area (Å²) in [5.74, 6) is -2.32. The average molecular weight is 321 g/mol. The van der Waals surface area contributed by atoms with E-state index in [0.717, 1.165) is 0 Å². The van der Waals surface area contributed by atoms with Crippen molar-refractivity contribution in [2.24, 2.45) is 5.41 Å². The molecule has 9 heteroatoms. The molecule has 0 fully saturated rings. The minimum atomic E-state index is -1.07. The van der Waals surface area contributed by atoms with E-state index in [1.807, 2.05) is 0 Å². The minimum Gasteiger partial charge on any atom is -0.464 e. The van der Waals surface area contributed by atoms with Crippen LogP contribution in [0.1, 0.15) is 26.2 Å². The molecule has 23 heavy (non-hydrogen) atoms. The number of nitriles is 3. The highest BCUT2D eigenvalue weighted by molar-refractivity contribution is 5.72. The lowest BCUT2D eigenvalue weighted by molar-refractivity contribution is -0.159. The smallest absolute Gasteiger partial charge is 0.320 e. The Balaban J connectivity index is 4.69. The third kappa shape index (κ3) is 9.43. The summed E-state index contributed by atoms with van der Waals surface area (Å²) in [5, 5.41) is 25.2. The summed E-state index contributed by atoms with van der Waals surface area (Å²) in [5.41, 5.74) is -1.07. The summed E-state index contributed by atoms with van der Waals surface area (Å²) in [6, 6.07) is 4.86. The SMILES string of the molecule is CC(COC(=O)CC#N)(COC(=O)CC#N)COC(=O)CC#N. The highest BCUT2D eigenvalue weighted by Crippen LogP contribution is 2.19. The van der Waals surface area contributed by atoms with Crippen LogP contribution in [0.25, 0.3) is 0 Å². The van der Waals surface area contributed by atoms with E-state index in [2.05, 4.69) is 0 Å². The van der Waals surface area contributed by atoms with Crippen LogP contribution in [0.5, 0.6) is 0 Å². The van der Waals surface area contributed by atoms with Crippen molar-refractivity contribution in [1.82, 2.24) is 0 Å². The molecular weight excluding hydrogens is 306 g/mol. The molecule has 0 saturated heterocycles. The van der Waals surface area contributed by atoms with Crippen molar-refractivity contribution < 1.29 is 28.6 Å². The largest absolute Gasteiger partial charge is 0.464 e. The molecule has 0 rings (SSSR count). The second-order valence-electron chi connectivity index (χ2n) is 4.80. The molecule has 0 saturated carbocycles. The van der Waals surface area contributed by atoms with Gasteiger partial charge in [-0.15, -0.1) is 0 Å². The van der Waals surface area contributed by atoms with Gasteiger partial charge in [0.15, 0.2) is 0 Å². The monoisotopic (exact) mass is 321 g/mol. The fraction of sp³-hybridized carbons (Fsp3) is 0.571. The van der Waals surface area contributed by atoms with Gasteiger partial charge in [0.05, 0.1) is 23.6 Å². The number of rotatable bonds is 9. The molecule has 0 radical (unpaired) electrons. The van der Waals surface area contributed by atoms with Crippen molar-refractivity contribution in [3.8, 4) is 18.2 Å². The van der Waals surface area contributed by atoms with Gasteiger partial charge in [-0.3, -0.25) is 14.4 Å². The van der Waals surface area contributed by atoms with Gasteiger partial charge in [0.25, 0.3) is 0 Å². The van der Waals surface area contributed by atoms with Crippen LogP contribution in [0, 0.1) is 39.4 Å². The van der Waals surface area contributed by atoms with Crippen molar-refractivity contribution in [3.05, 3.63) is 0 Å². The fourth-order valence-electron chi connectivity index (χ4n) is 1.24. The number of hydrogen-bond acceptors (Lipinski definition) is 9. The van der Waals surface area contributed by atoms with Crippen LogP contribution < -0.4 is 0 Å². The van der Waals surface area contributed by atoms with Gasteiger partial charge in [0, 0.05) is 0 Å². The van der Waals surface area contributed by atoms with Gasteiger partial charge in [-0.25, -0.2) is 0 Å². The first-order valence-corrected chi connectivity index (χ1v) is 6.44. The molecule has 0 aliphatic heterocycles. The van der Waals surface area contributed by atoms with E-state index >= 15 is 0 Å². The van der Waals surface area contributed by atoms with Crippen LogP contribution in [0.15, 0.2) is 0 Å². The molecule has 9 nitrogen and oxygen atoms in total. The highest BCUT2D eigenvalue weighted by Gasteiger charge is 2.30. The van der Waals surface area contributed by atoms with Gasteiger partial charge in [0.1, 0.15) is 39.1 Å². The summed E-state index contributed by atoms with van der Waals surface area (Å²) >= 11 is 0. The second-order valence-corrected chi connectivity index (χ2v) is 4.80. The van der Waals surface area contributed by atoms with Crippen molar-refractivity contribution in [3.63, 3.8) is 0 Å². The van der Waals surface area contributed by atoms with Crippen molar-refractivity contribution in [2.45, 2.75) is 26.2 Å². The lowest BCUT2D eigenvalue weighted by atomic mass is 9.94. The standard InChI is InChI=1S/C14H15N3O6/c1-14(8-21-11(18)2-5-15,9-22-12(19)3-6-16)10-23-13(20)4-7-17/h2-4,8-10H2,1H3. The van der Waals surface area contributed by atoms with E-state index in [1.165, 1.54) is 6.92 Å². The Labute approximate surface area is 132 Å². The van der Waals surface area contributed by atoms with E-state index < -0.39 is 42.6 Å². The summed E-state index contributed by atoms with van der Waals surface area (Å²) < 4.78 is 14.6. The van der Waals surface area contributed by atoms with Crippen LogP contribution in [0.2, 0.25) is 0 Å². The van der Waals surface area contributed by atoms with Crippen molar-refractivity contribution >= 4 is 17.9 Å². The number of ether oxygens (including phenoxy) is 3. The first-order valence-electron chi connectivity index (χ1n) is 6.44. The number of hydrogen-bond donors (Lipinski definition) is 0. The molecule has 0 amide bonds. The Morgan fingerprint density at radius 2 is 1.00 bits per heavy atom. The van der Waals surface area contributed by atoms with Crippen LogP contribution in [-0.4, -0.2) is 37.7 Å². The molecule has 0 heterocycles. The maximum absolute atomic E-state index is 11.2. The van der Waals surface area contributed by atoms with E-state index in [-0.39, 0.29) is 19.8 Å². The lowest BCUT2D eigenvalue weighted by Crippen LogP contribution is -2.36. The summed E-state index contributed by atoms with van der Waals surface area (Å²) in [6.07, 6.45) is -1.34. The number of carbonyl (C=O) groups excluding carboxylic acids is 3. The molecule has 0 N–H and O–H groups in total. The molecule has 0 bridgehead atoms. The number of carbonyl (C=O) groups is 3. The predicted octanol–water partition coefficient (Wildman–Crippen LogP) is 0.363. The summed E-state index contributed by atoms with van der Waals surface area (Å²) in [6.45, 7) is 0.708. The van der Waals surface area contributed by atoms with Gasteiger partial charge < -0.3 is 14.2 Å². The Hall–Kier alpha value is -3.12. The maximum Gasteiger partial charge on any atom is 0.320 e. The quantitative estimate of drug-likeness (QED) is 0.433. The molecule has 122 valence electrons. The van der Waals surface area contributed by atoms with E-state index in [0.29, 0.717) is 0 Å². The summed E-state index contributed by atoms with van der Waals surface area (Å²) in [4.78, 5) is 33.7. The van der Waals surface area contributed by atoms with E-state index in [4.69, 9.17) is 30.0 Å². The zero-order valence-electron chi connectivity index (χ0n) is 12.5. The number of nitrogens with zero attached hydrogens (tertiary/aromatic N) is 3. The minimum absolute atomic E-state index is 0.271. The molecular formula is C14H15N3O6. The molecule has 0 aromatic heterocycles. The van der Waals surface area contributed by atoms with Gasteiger partial charge in [0.2, 0.25) is 0 Å². The third-order valence-corrected chi connectivity index (χ3v) is 2.42. The molecule has 0 unspecified atom stereocenters. The normalized spacial score (nSPS) is 9.65.